The summed E-state index contributed by atoms with van der Waals surface area (Å²) >= 11 is 0.853. The van der Waals surface area contributed by atoms with Crippen molar-refractivity contribution in [3.8, 4) is 0 Å². The predicted octanol–water partition coefficient (Wildman–Crippen LogP) is -1.21. The van der Waals surface area contributed by atoms with Crippen molar-refractivity contribution in [2.75, 3.05) is 17.8 Å². The van der Waals surface area contributed by atoms with Crippen LogP contribution in [0.15, 0.2) is 9.95 Å². The van der Waals surface area contributed by atoms with Gasteiger partial charge in [-0.2, -0.15) is 0 Å². The molecule has 0 saturated heterocycles. The lowest BCUT2D eigenvalue weighted by molar-refractivity contribution is -0.133. The van der Waals surface area contributed by atoms with Gasteiger partial charge in [0, 0.05) is 12.8 Å². The van der Waals surface area contributed by atoms with Crippen LogP contribution in [-0.2, 0) is 21.2 Å². The van der Waals surface area contributed by atoms with Gasteiger partial charge < -0.3 is 5.11 Å². The largest absolute Gasteiger partial charge is 0.481 e. The highest BCUT2D eigenvalue weighted by Gasteiger charge is 2.12. The standard InChI is InChI=1S/C7H11N3O5S2/c1-17(14,15)3-2-10-6(13)8-9-7(10)16-4-5(11)12/h2-4H2,1H3,(H,8,13)(H,11,12). The maximum absolute atomic E-state index is 11.3. The highest BCUT2D eigenvalue weighted by Crippen LogP contribution is 2.12. The Morgan fingerprint density at radius 1 is 1.59 bits per heavy atom. The number of aliphatic carboxylic acids is 1. The molecule has 1 heterocycles. The summed E-state index contributed by atoms with van der Waals surface area (Å²) < 4.78 is 23.0. The number of aromatic nitrogens is 3. The monoisotopic (exact) mass is 281 g/mol. The minimum atomic E-state index is -3.19. The Balaban J connectivity index is 2.80. The molecule has 0 aromatic carbocycles. The summed E-state index contributed by atoms with van der Waals surface area (Å²) in [5, 5.41) is 14.4. The summed E-state index contributed by atoms with van der Waals surface area (Å²) in [5.74, 6) is -1.49. The number of sulfone groups is 1. The van der Waals surface area contributed by atoms with Crippen LogP contribution in [0.2, 0.25) is 0 Å². The molecule has 0 bridgehead atoms. The van der Waals surface area contributed by atoms with Gasteiger partial charge in [0.2, 0.25) is 0 Å². The van der Waals surface area contributed by atoms with Crippen molar-refractivity contribution in [1.29, 1.82) is 0 Å². The second kappa shape index (κ2) is 5.36. The molecule has 0 fully saturated rings. The average Bonchev–Trinajstić information content (AvgIpc) is 2.52. The summed E-state index contributed by atoms with van der Waals surface area (Å²) in [7, 11) is -3.19. The summed E-state index contributed by atoms with van der Waals surface area (Å²) in [6.07, 6.45) is 1.06. The van der Waals surface area contributed by atoms with E-state index in [9.17, 15) is 18.0 Å². The van der Waals surface area contributed by atoms with Crippen molar-refractivity contribution >= 4 is 27.6 Å². The molecular formula is C7H11N3O5S2. The third-order valence-electron chi connectivity index (χ3n) is 1.73. The third-order valence-corrected chi connectivity index (χ3v) is 3.62. The number of carbonyl (C=O) groups is 1. The fourth-order valence-corrected chi connectivity index (χ4v) is 2.20. The lowest BCUT2D eigenvalue weighted by atomic mass is 10.7. The Morgan fingerprint density at radius 3 is 2.76 bits per heavy atom. The summed E-state index contributed by atoms with van der Waals surface area (Å²) in [6.45, 7) is -0.0455. The maximum atomic E-state index is 11.3. The van der Waals surface area contributed by atoms with Crippen LogP contribution in [0.4, 0.5) is 0 Å². The van der Waals surface area contributed by atoms with Gasteiger partial charge in [-0.15, -0.1) is 5.10 Å². The topological polar surface area (TPSA) is 122 Å². The van der Waals surface area contributed by atoms with Gasteiger partial charge >= 0.3 is 11.7 Å². The van der Waals surface area contributed by atoms with Crippen molar-refractivity contribution in [3.63, 3.8) is 0 Å². The number of nitrogens with zero attached hydrogens (tertiary/aromatic N) is 2. The molecule has 10 heteroatoms. The Kier molecular flexibility index (Phi) is 4.34. The van der Waals surface area contributed by atoms with E-state index in [1.54, 1.807) is 0 Å². The van der Waals surface area contributed by atoms with Crippen LogP contribution in [0.1, 0.15) is 0 Å². The zero-order chi connectivity index (χ0) is 13.1. The highest BCUT2D eigenvalue weighted by molar-refractivity contribution is 7.99. The van der Waals surface area contributed by atoms with Crippen LogP contribution in [0.25, 0.3) is 0 Å². The van der Waals surface area contributed by atoms with Crippen LogP contribution in [0, 0.1) is 0 Å². The molecule has 17 heavy (non-hydrogen) atoms. The number of hydrogen-bond acceptors (Lipinski definition) is 6. The van der Waals surface area contributed by atoms with Crippen molar-refractivity contribution in [3.05, 3.63) is 10.5 Å². The lowest BCUT2D eigenvalue weighted by Gasteiger charge is -2.02. The van der Waals surface area contributed by atoms with E-state index < -0.39 is 21.5 Å². The maximum Gasteiger partial charge on any atom is 0.344 e. The van der Waals surface area contributed by atoms with Gasteiger partial charge in [0.25, 0.3) is 0 Å². The molecule has 0 amide bonds. The van der Waals surface area contributed by atoms with Crippen molar-refractivity contribution < 1.29 is 18.3 Å². The van der Waals surface area contributed by atoms with E-state index in [1.165, 1.54) is 0 Å². The summed E-state index contributed by atoms with van der Waals surface area (Å²) in [6, 6.07) is 0. The van der Waals surface area contributed by atoms with Crippen molar-refractivity contribution in [2.24, 2.45) is 0 Å². The van der Waals surface area contributed by atoms with E-state index in [0.717, 1.165) is 22.6 Å². The van der Waals surface area contributed by atoms with Gasteiger partial charge in [0.15, 0.2) is 5.16 Å². The van der Waals surface area contributed by atoms with E-state index in [2.05, 4.69) is 10.2 Å². The third kappa shape index (κ3) is 4.61. The molecule has 1 aromatic heterocycles. The molecule has 1 rings (SSSR count). The molecule has 0 atom stereocenters. The molecule has 0 radical (unpaired) electrons. The first-order valence-corrected chi connectivity index (χ1v) is 7.52. The number of hydrogen-bond donors (Lipinski definition) is 2. The molecule has 2 N–H and O–H groups in total. The first-order chi connectivity index (χ1) is 7.79. The highest BCUT2D eigenvalue weighted by atomic mass is 32.2. The van der Waals surface area contributed by atoms with E-state index in [4.69, 9.17) is 5.11 Å². The van der Waals surface area contributed by atoms with Gasteiger partial charge in [-0.3, -0.25) is 9.36 Å². The molecule has 0 spiro atoms. The number of rotatable bonds is 6. The SMILES string of the molecule is CS(=O)(=O)CCn1c(SCC(=O)O)n[nH]c1=O. The van der Waals surface area contributed by atoms with Crippen LogP contribution < -0.4 is 5.69 Å². The van der Waals surface area contributed by atoms with Crippen LogP contribution in [0.5, 0.6) is 0 Å². The molecule has 1 aromatic rings. The first kappa shape index (κ1) is 13.8. The van der Waals surface area contributed by atoms with E-state index in [-0.39, 0.29) is 23.2 Å². The van der Waals surface area contributed by atoms with Crippen LogP contribution in [-0.4, -0.2) is 52.0 Å². The van der Waals surface area contributed by atoms with Gasteiger partial charge in [-0.25, -0.2) is 18.3 Å². The molecule has 0 aliphatic heterocycles. The summed E-state index contributed by atoms with van der Waals surface area (Å²) in [5.41, 5.74) is -0.554. The number of aromatic amines is 1. The number of thioether (sulfide) groups is 1. The van der Waals surface area contributed by atoms with E-state index in [1.807, 2.05) is 0 Å². The molecule has 8 nitrogen and oxygen atoms in total. The minimum absolute atomic E-state index is 0.0455. The second-order valence-corrected chi connectivity index (χ2v) is 6.48. The van der Waals surface area contributed by atoms with E-state index >= 15 is 0 Å². The van der Waals surface area contributed by atoms with E-state index in [0.29, 0.717) is 0 Å². The van der Waals surface area contributed by atoms with Crippen LogP contribution in [0.3, 0.4) is 0 Å². The number of carboxylic acid groups (broad SMARTS) is 1. The molecule has 0 aliphatic rings. The van der Waals surface area contributed by atoms with Crippen molar-refractivity contribution in [2.45, 2.75) is 11.7 Å². The molecule has 0 unspecified atom stereocenters. The predicted molar refractivity (Wildman–Crippen MR) is 60.9 cm³/mol. The zero-order valence-corrected chi connectivity index (χ0v) is 10.5. The first-order valence-electron chi connectivity index (χ1n) is 4.47. The number of nitrogens with one attached hydrogen (secondary N) is 1. The van der Waals surface area contributed by atoms with Crippen LogP contribution >= 0.6 is 11.8 Å². The quantitative estimate of drug-likeness (QED) is 0.627. The second-order valence-electron chi connectivity index (χ2n) is 3.28. The van der Waals surface area contributed by atoms with Crippen molar-refractivity contribution in [1.82, 2.24) is 14.8 Å². The van der Waals surface area contributed by atoms with Gasteiger partial charge in [0.05, 0.1) is 11.5 Å². The zero-order valence-electron chi connectivity index (χ0n) is 8.91. The van der Waals surface area contributed by atoms with Gasteiger partial charge in [-0.05, 0) is 0 Å². The number of H-pyrrole nitrogens is 1. The average molecular weight is 281 g/mol. The van der Waals surface area contributed by atoms with Gasteiger partial charge in [0.1, 0.15) is 9.84 Å². The Bertz CT molecular complexity index is 558. The molecule has 96 valence electrons. The summed E-state index contributed by atoms with van der Waals surface area (Å²) in [4.78, 5) is 21.7. The molecular weight excluding hydrogens is 270 g/mol. The number of carboxylic acids is 1. The Morgan fingerprint density at radius 2 is 2.24 bits per heavy atom. The fourth-order valence-electron chi connectivity index (χ4n) is 0.994. The van der Waals surface area contributed by atoms with Gasteiger partial charge in [-0.1, -0.05) is 11.8 Å². The Hall–Kier alpha value is -1.29. The smallest absolute Gasteiger partial charge is 0.344 e. The normalized spacial score (nSPS) is 11.6. The lowest BCUT2D eigenvalue weighted by Crippen LogP contribution is -2.22. The molecule has 0 saturated carbocycles. The molecule has 0 aliphatic carbocycles. The minimum Gasteiger partial charge on any atom is -0.481 e. The fraction of sp³-hybridized carbons (Fsp3) is 0.571. The Labute approximate surface area is 101 Å².